The van der Waals surface area contributed by atoms with E-state index in [0.29, 0.717) is 35.4 Å². The first-order valence-electron chi connectivity index (χ1n) is 14.5. The van der Waals surface area contributed by atoms with Gasteiger partial charge in [-0.1, -0.05) is 12.0 Å². The van der Waals surface area contributed by atoms with E-state index in [0.717, 1.165) is 24.8 Å². The van der Waals surface area contributed by atoms with Crippen molar-refractivity contribution in [3.05, 3.63) is 48.2 Å². The Hall–Kier alpha value is -4.05. The maximum absolute atomic E-state index is 13.6. The Morgan fingerprint density at radius 1 is 1.09 bits per heavy atom. The van der Waals surface area contributed by atoms with E-state index < -0.39 is 28.2 Å². The van der Waals surface area contributed by atoms with Gasteiger partial charge >= 0.3 is 12.3 Å². The first kappa shape index (κ1) is 32.3. The largest absolute Gasteiger partial charge is 0.495 e. The summed E-state index contributed by atoms with van der Waals surface area (Å²) in [5, 5.41) is 7.18. The molecular weight excluding hydrogens is 609 g/mol. The van der Waals surface area contributed by atoms with Crippen LogP contribution in [0.1, 0.15) is 39.3 Å². The second kappa shape index (κ2) is 11.7. The molecule has 5 rings (SSSR count). The van der Waals surface area contributed by atoms with Gasteiger partial charge in [0.15, 0.2) is 9.84 Å². The second-order valence-corrected chi connectivity index (χ2v) is 14.9. The van der Waals surface area contributed by atoms with Gasteiger partial charge in [0.2, 0.25) is 0 Å². The van der Waals surface area contributed by atoms with Gasteiger partial charge in [0, 0.05) is 47.9 Å². The second-order valence-electron chi connectivity index (χ2n) is 12.8. The molecule has 1 aromatic heterocycles. The molecule has 1 saturated carbocycles. The number of nitrogens with one attached hydrogen (secondary N) is 2. The van der Waals surface area contributed by atoms with Crippen LogP contribution in [0.4, 0.5) is 29.3 Å². The van der Waals surface area contributed by atoms with Crippen LogP contribution in [0.15, 0.2) is 47.4 Å². The van der Waals surface area contributed by atoms with Crippen LogP contribution in [-0.4, -0.2) is 74.8 Å². The van der Waals surface area contributed by atoms with Crippen LogP contribution in [0, 0.1) is 17.3 Å². The Balaban J connectivity index is 1.29. The van der Waals surface area contributed by atoms with Crippen molar-refractivity contribution in [1.82, 2.24) is 9.47 Å². The Bertz CT molecular complexity index is 1770. The van der Waals surface area contributed by atoms with Crippen LogP contribution in [0.5, 0.6) is 5.75 Å². The first-order valence-corrected chi connectivity index (χ1v) is 16.4. The average molecular weight is 647 g/mol. The highest BCUT2D eigenvalue weighted by Crippen LogP contribution is 2.50. The number of hydrogen-bond acceptors (Lipinski definition) is 7. The molecule has 3 aromatic rings. The third kappa shape index (κ3) is 7.44. The van der Waals surface area contributed by atoms with E-state index in [2.05, 4.69) is 22.5 Å². The van der Waals surface area contributed by atoms with Gasteiger partial charge in [0.25, 0.3) is 0 Å². The van der Waals surface area contributed by atoms with E-state index in [9.17, 15) is 26.4 Å². The van der Waals surface area contributed by atoms with Crippen molar-refractivity contribution < 1.29 is 35.9 Å². The highest BCUT2D eigenvalue weighted by Gasteiger charge is 2.54. The molecule has 1 aliphatic heterocycles. The molecule has 1 spiro atoms. The highest BCUT2D eigenvalue weighted by atomic mass is 32.2. The number of hydrogen-bond donors (Lipinski definition) is 2. The monoisotopic (exact) mass is 646 g/mol. The molecule has 9 nitrogen and oxygen atoms in total. The van der Waals surface area contributed by atoms with Crippen LogP contribution in [0.2, 0.25) is 0 Å². The molecule has 242 valence electrons. The number of sulfone groups is 1. The number of carbonyl (C=O) groups is 1. The van der Waals surface area contributed by atoms with E-state index in [4.69, 9.17) is 9.47 Å². The third-order valence-electron chi connectivity index (χ3n) is 7.89. The number of benzene rings is 2. The van der Waals surface area contributed by atoms with Crippen molar-refractivity contribution >= 4 is 38.2 Å². The molecule has 2 fully saturated rings. The molecule has 0 bridgehead atoms. The Morgan fingerprint density at radius 3 is 2.42 bits per heavy atom. The zero-order valence-corrected chi connectivity index (χ0v) is 26.7. The molecule has 2 N–H and O–H groups in total. The summed E-state index contributed by atoms with van der Waals surface area (Å²) in [5.41, 5.74) is 1.36. The summed E-state index contributed by atoms with van der Waals surface area (Å²) in [5.74, 6) is 6.06. The van der Waals surface area contributed by atoms with E-state index in [1.54, 1.807) is 29.2 Å². The first-order chi connectivity index (χ1) is 21.0. The fourth-order valence-corrected chi connectivity index (χ4v) is 6.61. The van der Waals surface area contributed by atoms with Gasteiger partial charge in [0.05, 0.1) is 35.4 Å². The number of likely N-dealkylation sites (tertiary alicyclic amines) is 1. The van der Waals surface area contributed by atoms with Gasteiger partial charge in [-0.3, -0.25) is 0 Å². The predicted molar refractivity (Wildman–Crippen MR) is 166 cm³/mol. The number of halogens is 3. The lowest BCUT2D eigenvalue weighted by molar-refractivity contribution is -0.140. The summed E-state index contributed by atoms with van der Waals surface area (Å²) in [6, 6.07) is 11.4. The number of methoxy groups -OCH3 is 1. The van der Waals surface area contributed by atoms with E-state index in [1.165, 1.54) is 23.8 Å². The van der Waals surface area contributed by atoms with Gasteiger partial charge in [-0.05, 0) is 69.9 Å². The van der Waals surface area contributed by atoms with Crippen molar-refractivity contribution in [2.75, 3.05) is 43.6 Å². The van der Waals surface area contributed by atoms with Crippen molar-refractivity contribution in [3.63, 3.8) is 0 Å². The van der Waals surface area contributed by atoms with Crippen LogP contribution in [0.25, 0.3) is 10.9 Å². The Kier molecular flexibility index (Phi) is 8.42. The highest BCUT2D eigenvalue weighted by molar-refractivity contribution is 7.90. The van der Waals surface area contributed by atoms with Crippen LogP contribution in [-0.2, 0) is 21.1 Å². The summed E-state index contributed by atoms with van der Waals surface area (Å²) in [6.07, 6.45) is -1.98. The molecule has 0 atom stereocenters. The number of carbonyl (C=O) groups excluding carboxylic acids is 1. The normalized spacial score (nSPS) is 16.4. The fraction of sp³-hybridized carbons (Fsp3) is 0.469. The van der Waals surface area contributed by atoms with E-state index in [-0.39, 0.29) is 34.7 Å². The van der Waals surface area contributed by atoms with Crippen molar-refractivity contribution in [3.8, 4) is 17.6 Å². The molecule has 1 amide bonds. The number of nitrogens with zero attached hydrogens (tertiary/aromatic N) is 2. The maximum atomic E-state index is 13.6. The van der Waals surface area contributed by atoms with E-state index in [1.807, 2.05) is 26.8 Å². The minimum absolute atomic E-state index is 0.0438. The molecule has 2 aliphatic rings. The van der Waals surface area contributed by atoms with Crippen LogP contribution >= 0.6 is 0 Å². The number of fused-ring (bicyclic) bond motifs is 1. The summed E-state index contributed by atoms with van der Waals surface area (Å²) in [7, 11) is -2.01. The quantitative estimate of drug-likeness (QED) is 0.309. The maximum Gasteiger partial charge on any atom is 0.410 e. The molecule has 1 aliphatic carbocycles. The number of rotatable bonds is 7. The molecule has 1 saturated heterocycles. The summed E-state index contributed by atoms with van der Waals surface area (Å²) in [4.78, 5) is 14.1. The molecule has 2 aromatic carbocycles. The minimum Gasteiger partial charge on any atom is -0.495 e. The standard InChI is InChI=1S/C32H37F3N4O5S/c1-30(2,3)44-29(40)38-18-31(19-38)16-21(17-31)37-25-9-6-10-27-24(25)14-22(39(27)20-32(33,34)35)8-7-13-36-26-12-11-23(45(5,41)42)15-28(26)43-4/h6,9-12,14-15,21,36-37H,13,16-20H2,1-5H3. The molecule has 45 heavy (non-hydrogen) atoms. The number of anilines is 2. The molecular formula is C32H37F3N4O5S. The molecule has 13 heteroatoms. The number of alkyl halides is 3. The summed E-state index contributed by atoms with van der Waals surface area (Å²) >= 11 is 0. The third-order valence-corrected chi connectivity index (χ3v) is 9.00. The lowest BCUT2D eigenvalue weighted by Crippen LogP contribution is -2.66. The minimum atomic E-state index is -4.45. The van der Waals surface area contributed by atoms with Crippen molar-refractivity contribution in [2.45, 2.75) is 62.9 Å². The molecule has 0 radical (unpaired) electrons. The summed E-state index contributed by atoms with van der Waals surface area (Å²) < 4.78 is 76.5. The number of ether oxygens (including phenoxy) is 2. The van der Waals surface area contributed by atoms with Crippen LogP contribution < -0.4 is 15.4 Å². The fourth-order valence-electron chi connectivity index (χ4n) is 5.97. The zero-order chi connectivity index (χ0) is 32.8. The van der Waals surface area contributed by atoms with Crippen molar-refractivity contribution in [1.29, 1.82) is 0 Å². The number of amides is 1. The lowest BCUT2D eigenvalue weighted by Gasteiger charge is -2.58. The average Bonchev–Trinajstić information content (AvgIpc) is 3.21. The summed E-state index contributed by atoms with van der Waals surface area (Å²) in [6.45, 7) is 5.66. The molecule has 0 unspecified atom stereocenters. The van der Waals surface area contributed by atoms with Gasteiger partial charge < -0.3 is 29.6 Å². The van der Waals surface area contributed by atoms with Crippen LogP contribution in [0.3, 0.4) is 0 Å². The van der Waals surface area contributed by atoms with Gasteiger partial charge in [-0.25, -0.2) is 13.2 Å². The Labute approximate surface area is 261 Å². The SMILES string of the molecule is COc1cc(S(C)(=O)=O)ccc1NCC#Cc1cc2c(NC3CC4(C3)CN(C(=O)OC(C)(C)C)C4)cccc2n1CC(F)(F)F. The van der Waals surface area contributed by atoms with Crippen molar-refractivity contribution in [2.24, 2.45) is 5.41 Å². The van der Waals surface area contributed by atoms with Gasteiger partial charge in [-0.2, -0.15) is 13.2 Å². The Morgan fingerprint density at radius 2 is 1.80 bits per heavy atom. The lowest BCUT2D eigenvalue weighted by atomic mass is 9.60. The zero-order valence-electron chi connectivity index (χ0n) is 25.8. The number of aromatic nitrogens is 1. The van der Waals surface area contributed by atoms with Gasteiger partial charge in [0.1, 0.15) is 17.9 Å². The molecule has 2 heterocycles. The van der Waals surface area contributed by atoms with E-state index >= 15 is 0 Å². The van der Waals surface area contributed by atoms with Gasteiger partial charge in [-0.15, -0.1) is 0 Å². The topological polar surface area (TPSA) is 102 Å². The smallest absolute Gasteiger partial charge is 0.410 e. The predicted octanol–water partition coefficient (Wildman–Crippen LogP) is 5.89.